The average molecular weight is 407 g/mol. The lowest BCUT2D eigenvalue weighted by molar-refractivity contribution is 0.102. The van der Waals surface area contributed by atoms with Gasteiger partial charge in [0.1, 0.15) is 4.90 Å². The molecule has 3 aromatic rings. The molecule has 1 amide bonds. The zero-order valence-electron chi connectivity index (χ0n) is 15.0. The summed E-state index contributed by atoms with van der Waals surface area (Å²) >= 11 is 6.06. The summed E-state index contributed by atoms with van der Waals surface area (Å²) in [6.07, 6.45) is 0. The number of amides is 1. The first-order valence-electron chi connectivity index (χ1n) is 8.15. The summed E-state index contributed by atoms with van der Waals surface area (Å²) in [5, 5.41) is 2.66. The van der Waals surface area contributed by atoms with Crippen LogP contribution in [0.15, 0.2) is 47.4 Å². The van der Waals surface area contributed by atoms with Gasteiger partial charge >= 0.3 is 0 Å². The molecule has 0 saturated carbocycles. The van der Waals surface area contributed by atoms with Gasteiger partial charge in [-0.3, -0.25) is 10.1 Å². The Labute approximate surface area is 162 Å². The molecule has 0 radical (unpaired) electrons. The van der Waals surface area contributed by atoms with Crippen LogP contribution in [0.3, 0.4) is 0 Å². The number of aromatic amines is 1. The van der Waals surface area contributed by atoms with Gasteiger partial charge in [-0.05, 0) is 51.1 Å². The summed E-state index contributed by atoms with van der Waals surface area (Å²) in [6, 6.07) is 11.4. The van der Waals surface area contributed by atoms with Gasteiger partial charge in [-0.1, -0.05) is 23.7 Å². The average Bonchev–Trinajstić information content (AvgIpc) is 2.94. The number of nitrogens with one attached hydrogen (secondary N) is 3. The largest absolute Gasteiger partial charge is 0.324 e. The highest BCUT2D eigenvalue weighted by Gasteiger charge is 2.25. The predicted octanol–water partition coefficient (Wildman–Crippen LogP) is 3.55. The monoisotopic (exact) mass is 406 g/mol. The highest BCUT2D eigenvalue weighted by Crippen LogP contribution is 2.24. The van der Waals surface area contributed by atoms with Crippen molar-refractivity contribution in [3.63, 3.8) is 0 Å². The number of aromatic nitrogens is 2. The van der Waals surface area contributed by atoms with Crippen molar-refractivity contribution in [1.29, 1.82) is 0 Å². The molecule has 1 heterocycles. The number of hydrogen-bond acceptors (Lipinski definition) is 4. The zero-order valence-corrected chi connectivity index (χ0v) is 16.6. The third kappa shape index (κ3) is 4.47. The molecule has 3 rings (SSSR count). The van der Waals surface area contributed by atoms with Gasteiger partial charge in [-0.15, -0.1) is 0 Å². The normalized spacial score (nSPS) is 12.3. The maximum absolute atomic E-state index is 12.6. The van der Waals surface area contributed by atoms with E-state index in [1.807, 2.05) is 24.3 Å². The van der Waals surface area contributed by atoms with Gasteiger partial charge in [0.15, 0.2) is 0 Å². The van der Waals surface area contributed by atoms with Crippen LogP contribution in [0.25, 0.3) is 11.0 Å². The molecule has 0 fully saturated rings. The van der Waals surface area contributed by atoms with Gasteiger partial charge in [0.05, 0.1) is 16.1 Å². The molecule has 9 heteroatoms. The lowest BCUT2D eigenvalue weighted by Crippen LogP contribution is -2.40. The Kier molecular flexibility index (Phi) is 4.98. The van der Waals surface area contributed by atoms with Crippen LogP contribution in [-0.2, 0) is 10.0 Å². The number of para-hydroxylation sites is 2. The molecular weight excluding hydrogens is 388 g/mol. The quantitative estimate of drug-likeness (QED) is 0.616. The van der Waals surface area contributed by atoms with Crippen LogP contribution in [0.1, 0.15) is 31.1 Å². The first-order valence-corrected chi connectivity index (χ1v) is 10.0. The fraction of sp³-hybridized carbons (Fsp3) is 0.222. The van der Waals surface area contributed by atoms with E-state index >= 15 is 0 Å². The van der Waals surface area contributed by atoms with Crippen LogP contribution in [0.2, 0.25) is 5.02 Å². The third-order valence-corrected chi connectivity index (χ3v) is 5.78. The summed E-state index contributed by atoms with van der Waals surface area (Å²) in [6.45, 7) is 5.16. The Morgan fingerprint density at radius 2 is 1.85 bits per heavy atom. The van der Waals surface area contributed by atoms with Gasteiger partial charge in [0, 0.05) is 11.1 Å². The lowest BCUT2D eigenvalue weighted by Gasteiger charge is -2.21. The number of imidazole rings is 1. The first kappa shape index (κ1) is 19.3. The SMILES string of the molecule is CC(C)(C)NS(=O)(=O)c1cc(C(=O)Nc2nc3ccccc3[nH]2)ccc1Cl. The minimum Gasteiger partial charge on any atom is -0.324 e. The van der Waals surface area contributed by atoms with E-state index in [1.165, 1.54) is 18.2 Å². The van der Waals surface area contributed by atoms with E-state index in [1.54, 1.807) is 20.8 Å². The van der Waals surface area contributed by atoms with Crippen molar-refractivity contribution >= 4 is 44.5 Å². The van der Waals surface area contributed by atoms with Gasteiger partial charge in [-0.2, -0.15) is 0 Å². The number of nitrogens with zero attached hydrogens (tertiary/aromatic N) is 1. The maximum atomic E-state index is 12.6. The molecule has 7 nitrogen and oxygen atoms in total. The minimum atomic E-state index is -3.88. The van der Waals surface area contributed by atoms with E-state index in [-0.39, 0.29) is 21.4 Å². The molecule has 0 aliphatic rings. The van der Waals surface area contributed by atoms with Gasteiger partial charge in [-0.25, -0.2) is 18.1 Å². The van der Waals surface area contributed by atoms with Crippen LogP contribution in [0, 0.1) is 0 Å². The summed E-state index contributed by atoms with van der Waals surface area (Å²) in [4.78, 5) is 19.6. The van der Waals surface area contributed by atoms with Gasteiger partial charge in [0.2, 0.25) is 16.0 Å². The third-order valence-electron chi connectivity index (χ3n) is 3.54. The van der Waals surface area contributed by atoms with Crippen molar-refractivity contribution in [3.8, 4) is 0 Å². The second-order valence-electron chi connectivity index (χ2n) is 7.06. The first-order chi connectivity index (χ1) is 12.5. The topological polar surface area (TPSA) is 104 Å². The maximum Gasteiger partial charge on any atom is 0.258 e. The molecule has 0 aliphatic heterocycles. The van der Waals surface area contributed by atoms with Crippen LogP contribution < -0.4 is 10.0 Å². The van der Waals surface area contributed by atoms with E-state index in [9.17, 15) is 13.2 Å². The molecule has 27 heavy (non-hydrogen) atoms. The molecule has 0 unspecified atom stereocenters. The van der Waals surface area contributed by atoms with Crippen LogP contribution in [0.4, 0.5) is 5.95 Å². The van der Waals surface area contributed by atoms with Crippen molar-refractivity contribution in [2.24, 2.45) is 0 Å². The number of fused-ring (bicyclic) bond motifs is 1. The Bertz CT molecular complexity index is 1080. The fourth-order valence-electron chi connectivity index (χ4n) is 2.50. The number of halogens is 1. The summed E-state index contributed by atoms with van der Waals surface area (Å²) < 4.78 is 27.7. The highest BCUT2D eigenvalue weighted by molar-refractivity contribution is 7.89. The van der Waals surface area contributed by atoms with Crippen molar-refractivity contribution in [3.05, 3.63) is 53.1 Å². The van der Waals surface area contributed by atoms with Crippen molar-refractivity contribution in [1.82, 2.24) is 14.7 Å². The molecular formula is C18H19ClN4O3S. The molecule has 0 atom stereocenters. The van der Waals surface area contributed by atoms with E-state index in [0.717, 1.165) is 5.52 Å². The summed E-state index contributed by atoms with van der Waals surface area (Å²) in [5.74, 6) is -0.230. The number of sulfonamides is 1. The van der Waals surface area contributed by atoms with E-state index in [0.29, 0.717) is 5.52 Å². The number of carbonyl (C=O) groups excluding carboxylic acids is 1. The lowest BCUT2D eigenvalue weighted by atomic mass is 10.1. The van der Waals surface area contributed by atoms with E-state index in [4.69, 9.17) is 11.6 Å². The van der Waals surface area contributed by atoms with E-state index < -0.39 is 21.5 Å². The smallest absolute Gasteiger partial charge is 0.258 e. The molecule has 2 aromatic carbocycles. The van der Waals surface area contributed by atoms with Crippen molar-refractivity contribution in [2.75, 3.05) is 5.32 Å². The standard InChI is InChI=1S/C18H19ClN4O3S/c1-18(2,3)23-27(25,26)15-10-11(8-9-12(15)19)16(24)22-17-20-13-6-4-5-7-14(13)21-17/h4-10,23H,1-3H3,(H2,20,21,22,24). The van der Waals surface area contributed by atoms with Crippen LogP contribution in [0.5, 0.6) is 0 Å². The van der Waals surface area contributed by atoms with Crippen LogP contribution in [-0.4, -0.2) is 29.8 Å². The van der Waals surface area contributed by atoms with Crippen molar-refractivity contribution < 1.29 is 13.2 Å². The number of H-pyrrole nitrogens is 1. The molecule has 1 aromatic heterocycles. The number of rotatable bonds is 4. The molecule has 0 saturated heterocycles. The van der Waals surface area contributed by atoms with Gasteiger partial charge in [0.25, 0.3) is 5.91 Å². The predicted molar refractivity (Wildman–Crippen MR) is 106 cm³/mol. The molecule has 0 spiro atoms. The number of anilines is 1. The summed E-state index contributed by atoms with van der Waals surface area (Å²) in [5.41, 5.74) is 0.951. The summed E-state index contributed by atoms with van der Waals surface area (Å²) in [7, 11) is -3.88. The highest BCUT2D eigenvalue weighted by atomic mass is 35.5. The molecule has 0 bridgehead atoms. The molecule has 142 valence electrons. The van der Waals surface area contributed by atoms with Gasteiger partial charge < -0.3 is 4.98 Å². The van der Waals surface area contributed by atoms with Crippen LogP contribution >= 0.6 is 11.6 Å². The Morgan fingerprint density at radius 3 is 2.52 bits per heavy atom. The molecule has 0 aliphatic carbocycles. The number of benzene rings is 2. The number of carbonyl (C=O) groups is 1. The Hall–Kier alpha value is -2.42. The fourth-order valence-corrected chi connectivity index (χ4v) is 4.45. The van der Waals surface area contributed by atoms with E-state index in [2.05, 4.69) is 20.0 Å². The number of hydrogen-bond donors (Lipinski definition) is 3. The van der Waals surface area contributed by atoms with Crippen molar-refractivity contribution in [2.45, 2.75) is 31.2 Å². The second-order valence-corrected chi connectivity index (χ2v) is 9.12. The Balaban J connectivity index is 1.89. The zero-order chi connectivity index (χ0) is 19.8. The minimum absolute atomic E-state index is 0.0343. The Morgan fingerprint density at radius 1 is 1.15 bits per heavy atom. The molecule has 3 N–H and O–H groups in total. The second kappa shape index (κ2) is 6.95.